The molecule has 4 nitrogen and oxygen atoms in total. The summed E-state index contributed by atoms with van der Waals surface area (Å²) in [5.41, 5.74) is 2.60. The van der Waals surface area contributed by atoms with Gasteiger partial charge in [-0.3, -0.25) is 0 Å². The van der Waals surface area contributed by atoms with Crippen LogP contribution in [0, 0.1) is 5.82 Å². The smallest absolute Gasteiger partial charge is 0.170 e. The molecule has 0 aliphatic heterocycles. The summed E-state index contributed by atoms with van der Waals surface area (Å²) in [6.45, 7) is 0.277. The first-order chi connectivity index (χ1) is 10.2. The van der Waals surface area contributed by atoms with Crippen molar-refractivity contribution in [3.8, 4) is 5.75 Å². The average Bonchev–Trinajstić information content (AvgIpc) is 2.96. The van der Waals surface area contributed by atoms with Crippen LogP contribution >= 0.6 is 23.3 Å². The van der Waals surface area contributed by atoms with Gasteiger partial charge in [0, 0.05) is 12.1 Å². The number of hydrogen-bond donors (Lipinski definition) is 1. The van der Waals surface area contributed by atoms with Gasteiger partial charge in [0.2, 0.25) is 0 Å². The molecule has 0 bridgehead atoms. The van der Waals surface area contributed by atoms with Crippen molar-refractivity contribution in [3.05, 3.63) is 46.7 Å². The second-order valence-electron chi connectivity index (χ2n) is 4.34. The molecule has 1 heterocycles. The minimum atomic E-state index is -0.382. The zero-order valence-electron chi connectivity index (χ0n) is 11.1. The SMILES string of the molecule is COc1cccc(CNc2c(Cl)ccc3nsnc23)c1F. The van der Waals surface area contributed by atoms with Gasteiger partial charge in [-0.05, 0) is 18.2 Å². The Morgan fingerprint density at radius 3 is 2.95 bits per heavy atom. The van der Waals surface area contributed by atoms with Crippen molar-refractivity contribution >= 4 is 40.0 Å². The zero-order valence-corrected chi connectivity index (χ0v) is 12.6. The monoisotopic (exact) mass is 323 g/mol. The van der Waals surface area contributed by atoms with Crippen molar-refractivity contribution in [1.29, 1.82) is 0 Å². The number of anilines is 1. The molecule has 0 unspecified atom stereocenters. The van der Waals surface area contributed by atoms with Crippen LogP contribution in [-0.2, 0) is 6.54 Å². The van der Waals surface area contributed by atoms with Gasteiger partial charge in [-0.1, -0.05) is 23.7 Å². The van der Waals surface area contributed by atoms with Gasteiger partial charge in [0.25, 0.3) is 0 Å². The first kappa shape index (κ1) is 14.0. The largest absolute Gasteiger partial charge is 0.494 e. The fourth-order valence-corrected chi connectivity index (χ4v) is 2.79. The van der Waals surface area contributed by atoms with Gasteiger partial charge in [-0.15, -0.1) is 0 Å². The Morgan fingerprint density at radius 2 is 2.14 bits per heavy atom. The molecule has 0 fully saturated rings. The number of methoxy groups -OCH3 is 1. The lowest BCUT2D eigenvalue weighted by Gasteiger charge is -2.11. The Labute approximate surface area is 129 Å². The van der Waals surface area contributed by atoms with E-state index in [1.807, 2.05) is 0 Å². The van der Waals surface area contributed by atoms with E-state index >= 15 is 0 Å². The molecule has 0 aliphatic carbocycles. The molecule has 0 saturated carbocycles. The Balaban J connectivity index is 1.90. The predicted molar refractivity (Wildman–Crippen MR) is 82.7 cm³/mol. The number of halogens is 2. The van der Waals surface area contributed by atoms with Crippen LogP contribution in [0.4, 0.5) is 10.1 Å². The van der Waals surface area contributed by atoms with E-state index in [0.29, 0.717) is 21.8 Å². The van der Waals surface area contributed by atoms with Gasteiger partial charge in [-0.25, -0.2) is 4.39 Å². The maximum absolute atomic E-state index is 14.1. The maximum atomic E-state index is 14.1. The Morgan fingerprint density at radius 1 is 1.29 bits per heavy atom. The number of ether oxygens (including phenoxy) is 1. The van der Waals surface area contributed by atoms with Crippen LogP contribution in [0.2, 0.25) is 5.02 Å². The zero-order chi connectivity index (χ0) is 14.8. The van der Waals surface area contributed by atoms with E-state index < -0.39 is 0 Å². The van der Waals surface area contributed by atoms with Crippen LogP contribution in [-0.4, -0.2) is 15.9 Å². The third kappa shape index (κ3) is 2.64. The number of nitrogens with one attached hydrogen (secondary N) is 1. The second kappa shape index (κ2) is 5.83. The third-order valence-electron chi connectivity index (χ3n) is 3.10. The molecule has 0 radical (unpaired) electrons. The minimum absolute atomic E-state index is 0.217. The summed E-state index contributed by atoms with van der Waals surface area (Å²) in [6, 6.07) is 8.56. The fraction of sp³-hybridized carbons (Fsp3) is 0.143. The summed E-state index contributed by atoms with van der Waals surface area (Å²) in [4.78, 5) is 0. The molecule has 21 heavy (non-hydrogen) atoms. The van der Waals surface area contributed by atoms with E-state index in [9.17, 15) is 4.39 Å². The van der Waals surface area contributed by atoms with Gasteiger partial charge in [0.1, 0.15) is 11.0 Å². The number of benzene rings is 2. The van der Waals surface area contributed by atoms with Gasteiger partial charge >= 0.3 is 0 Å². The quantitative estimate of drug-likeness (QED) is 0.785. The van der Waals surface area contributed by atoms with Gasteiger partial charge in [-0.2, -0.15) is 8.75 Å². The maximum Gasteiger partial charge on any atom is 0.170 e. The molecule has 0 saturated heterocycles. The molecule has 7 heteroatoms. The molecule has 0 aliphatic rings. The summed E-state index contributed by atoms with van der Waals surface area (Å²) in [5, 5.41) is 3.65. The Kier molecular flexibility index (Phi) is 3.90. The van der Waals surface area contributed by atoms with Gasteiger partial charge in [0.15, 0.2) is 11.6 Å². The molecule has 3 rings (SSSR count). The van der Waals surface area contributed by atoms with E-state index in [1.54, 1.807) is 30.3 Å². The molecule has 1 N–H and O–H groups in total. The molecule has 3 aromatic rings. The van der Waals surface area contributed by atoms with Crippen molar-refractivity contribution in [3.63, 3.8) is 0 Å². The van der Waals surface area contributed by atoms with E-state index in [-0.39, 0.29) is 18.1 Å². The van der Waals surface area contributed by atoms with Crippen molar-refractivity contribution in [2.75, 3.05) is 12.4 Å². The first-order valence-electron chi connectivity index (χ1n) is 6.16. The molecule has 2 aromatic carbocycles. The standard InChI is InChI=1S/C14H11ClFN3OS/c1-20-11-4-2-3-8(12(11)16)7-17-13-9(15)5-6-10-14(13)19-21-18-10/h2-6,17H,7H2,1H3. The normalized spacial score (nSPS) is 10.8. The summed E-state index contributed by atoms with van der Waals surface area (Å²) in [6.07, 6.45) is 0. The first-order valence-corrected chi connectivity index (χ1v) is 7.27. The molecule has 0 amide bonds. The van der Waals surface area contributed by atoms with Gasteiger partial charge in [0.05, 0.1) is 29.5 Å². The molecular weight excluding hydrogens is 313 g/mol. The lowest BCUT2D eigenvalue weighted by molar-refractivity contribution is 0.384. The second-order valence-corrected chi connectivity index (χ2v) is 5.28. The van der Waals surface area contributed by atoms with Crippen LogP contribution in [0.3, 0.4) is 0 Å². The Bertz CT molecular complexity index is 793. The van der Waals surface area contributed by atoms with Crippen molar-refractivity contribution in [2.24, 2.45) is 0 Å². The number of nitrogens with zero attached hydrogens (tertiary/aromatic N) is 2. The van der Waals surface area contributed by atoms with E-state index in [2.05, 4.69) is 14.1 Å². The predicted octanol–water partition coefficient (Wildman–Crippen LogP) is 4.10. The van der Waals surface area contributed by atoms with Crippen LogP contribution in [0.5, 0.6) is 5.75 Å². The van der Waals surface area contributed by atoms with E-state index in [4.69, 9.17) is 16.3 Å². The highest BCUT2D eigenvalue weighted by Gasteiger charge is 2.12. The van der Waals surface area contributed by atoms with Crippen LogP contribution in [0.1, 0.15) is 5.56 Å². The lowest BCUT2D eigenvalue weighted by atomic mass is 10.2. The summed E-state index contributed by atoms with van der Waals surface area (Å²) in [5.74, 6) is -0.166. The highest BCUT2D eigenvalue weighted by molar-refractivity contribution is 7.00. The van der Waals surface area contributed by atoms with Crippen LogP contribution < -0.4 is 10.1 Å². The van der Waals surface area contributed by atoms with Crippen LogP contribution in [0.15, 0.2) is 30.3 Å². The van der Waals surface area contributed by atoms with E-state index in [1.165, 1.54) is 7.11 Å². The topological polar surface area (TPSA) is 47.0 Å². The van der Waals surface area contributed by atoms with Crippen molar-refractivity contribution < 1.29 is 9.13 Å². The molecular formula is C14H11ClFN3OS. The molecule has 0 spiro atoms. The summed E-state index contributed by atoms with van der Waals surface area (Å²) < 4.78 is 27.4. The third-order valence-corrected chi connectivity index (χ3v) is 3.95. The molecule has 1 aromatic heterocycles. The van der Waals surface area contributed by atoms with Crippen molar-refractivity contribution in [2.45, 2.75) is 6.54 Å². The van der Waals surface area contributed by atoms with Crippen LogP contribution in [0.25, 0.3) is 11.0 Å². The number of aromatic nitrogens is 2. The summed E-state index contributed by atoms with van der Waals surface area (Å²) >= 11 is 7.29. The molecule has 0 atom stereocenters. The van der Waals surface area contributed by atoms with Crippen molar-refractivity contribution in [1.82, 2.24) is 8.75 Å². The average molecular weight is 324 g/mol. The highest BCUT2D eigenvalue weighted by Crippen LogP contribution is 2.31. The summed E-state index contributed by atoms with van der Waals surface area (Å²) in [7, 11) is 1.44. The number of fused-ring (bicyclic) bond motifs is 1. The molecule has 108 valence electrons. The number of hydrogen-bond acceptors (Lipinski definition) is 5. The lowest BCUT2D eigenvalue weighted by Crippen LogP contribution is -2.04. The van der Waals surface area contributed by atoms with Gasteiger partial charge < -0.3 is 10.1 Å². The fourth-order valence-electron chi connectivity index (χ4n) is 2.03. The highest BCUT2D eigenvalue weighted by atomic mass is 35.5. The Hall–Kier alpha value is -1.92. The number of rotatable bonds is 4. The minimum Gasteiger partial charge on any atom is -0.494 e. The van der Waals surface area contributed by atoms with E-state index in [0.717, 1.165) is 17.2 Å².